The van der Waals surface area contributed by atoms with Crippen molar-refractivity contribution in [1.82, 2.24) is 0 Å². The first kappa shape index (κ1) is 45.3. The highest BCUT2D eigenvalue weighted by atomic mass is 16.6. The van der Waals surface area contributed by atoms with Crippen molar-refractivity contribution >= 4 is 5.97 Å². The van der Waals surface area contributed by atoms with Crippen LogP contribution < -0.4 is 0 Å². The number of rotatable bonds is 37. The molecule has 0 aromatic carbocycles. The molecule has 0 aliphatic rings. The summed E-state index contributed by atoms with van der Waals surface area (Å²) in [6, 6.07) is 0. The zero-order valence-electron chi connectivity index (χ0n) is 31.3. The lowest BCUT2D eigenvalue weighted by Gasteiger charge is -2.15. The third kappa shape index (κ3) is 38.7. The SMILES string of the molecule is CCCCCC/C=C\CCCCCCCCOCC(CO)OC(=O)CCCCCCCC/C=C\C/C=C\C/C=C\CCCCCCC. The first-order valence-corrected chi connectivity index (χ1v) is 20.2. The molecular formula is C43H78O4. The van der Waals surface area contributed by atoms with E-state index >= 15 is 0 Å². The third-order valence-corrected chi connectivity index (χ3v) is 8.63. The molecule has 0 rings (SSSR count). The minimum absolute atomic E-state index is 0.180. The fourth-order valence-electron chi connectivity index (χ4n) is 5.56. The van der Waals surface area contributed by atoms with E-state index in [2.05, 4.69) is 62.5 Å². The Morgan fingerprint density at radius 2 is 0.894 bits per heavy atom. The van der Waals surface area contributed by atoms with Crippen LogP contribution in [0, 0.1) is 0 Å². The lowest BCUT2D eigenvalue weighted by Crippen LogP contribution is -2.27. The van der Waals surface area contributed by atoms with E-state index in [0.717, 1.165) is 44.9 Å². The standard InChI is InChI=1S/C43H78O4/c1-3-5-7-9-11-13-15-17-19-20-21-22-23-24-25-26-28-30-32-34-36-38-43(45)47-42(40-44)41-46-39-37-35-33-31-29-27-18-16-14-12-10-8-6-4-2/h14-17,20-21,23-24,42,44H,3-13,18-19,22,25-41H2,1-2H3/b16-14-,17-15-,21-20-,24-23-. The number of ether oxygens (including phenoxy) is 2. The van der Waals surface area contributed by atoms with Gasteiger partial charge in [-0.25, -0.2) is 0 Å². The van der Waals surface area contributed by atoms with E-state index in [0.29, 0.717) is 13.0 Å². The Labute approximate surface area is 292 Å². The molecule has 0 aromatic heterocycles. The minimum atomic E-state index is -0.544. The number of esters is 1. The lowest BCUT2D eigenvalue weighted by atomic mass is 10.1. The normalized spacial score (nSPS) is 12.8. The Morgan fingerprint density at radius 1 is 0.511 bits per heavy atom. The van der Waals surface area contributed by atoms with Crippen molar-refractivity contribution in [2.75, 3.05) is 19.8 Å². The van der Waals surface area contributed by atoms with Crippen molar-refractivity contribution in [3.63, 3.8) is 0 Å². The highest BCUT2D eigenvalue weighted by Crippen LogP contribution is 2.12. The van der Waals surface area contributed by atoms with E-state index in [1.165, 1.54) is 128 Å². The highest BCUT2D eigenvalue weighted by molar-refractivity contribution is 5.69. The predicted molar refractivity (Wildman–Crippen MR) is 205 cm³/mol. The summed E-state index contributed by atoms with van der Waals surface area (Å²) in [6.45, 7) is 5.30. The van der Waals surface area contributed by atoms with Crippen molar-refractivity contribution in [3.8, 4) is 0 Å². The van der Waals surface area contributed by atoms with Gasteiger partial charge in [0.1, 0.15) is 6.10 Å². The van der Waals surface area contributed by atoms with E-state index < -0.39 is 6.10 Å². The van der Waals surface area contributed by atoms with Gasteiger partial charge < -0.3 is 14.6 Å². The summed E-state index contributed by atoms with van der Waals surface area (Å²) < 4.78 is 11.1. The van der Waals surface area contributed by atoms with Crippen molar-refractivity contribution in [3.05, 3.63) is 48.6 Å². The van der Waals surface area contributed by atoms with Gasteiger partial charge in [-0.2, -0.15) is 0 Å². The molecule has 0 aliphatic heterocycles. The zero-order chi connectivity index (χ0) is 34.1. The molecule has 0 aromatic rings. The Morgan fingerprint density at radius 3 is 1.38 bits per heavy atom. The van der Waals surface area contributed by atoms with Gasteiger partial charge in [-0.1, -0.05) is 159 Å². The van der Waals surface area contributed by atoms with Crippen LogP contribution in [0.2, 0.25) is 0 Å². The van der Waals surface area contributed by atoms with Crippen molar-refractivity contribution < 1.29 is 19.4 Å². The van der Waals surface area contributed by atoms with Crippen molar-refractivity contribution in [2.24, 2.45) is 0 Å². The van der Waals surface area contributed by atoms with E-state index in [1.807, 2.05) is 0 Å². The molecule has 274 valence electrons. The number of aliphatic hydroxyl groups is 1. The molecular weight excluding hydrogens is 580 g/mol. The topological polar surface area (TPSA) is 55.8 Å². The molecule has 1 N–H and O–H groups in total. The fourth-order valence-corrected chi connectivity index (χ4v) is 5.56. The van der Waals surface area contributed by atoms with Crippen LogP contribution in [0.25, 0.3) is 0 Å². The van der Waals surface area contributed by atoms with Crippen LogP contribution in [0.4, 0.5) is 0 Å². The molecule has 0 saturated carbocycles. The molecule has 4 heteroatoms. The van der Waals surface area contributed by atoms with E-state index in [1.54, 1.807) is 0 Å². The van der Waals surface area contributed by atoms with Crippen molar-refractivity contribution in [1.29, 1.82) is 0 Å². The van der Waals surface area contributed by atoms with Gasteiger partial charge in [-0.3, -0.25) is 4.79 Å². The first-order chi connectivity index (χ1) is 23.2. The van der Waals surface area contributed by atoms with Gasteiger partial charge in [-0.05, 0) is 77.0 Å². The molecule has 1 unspecified atom stereocenters. The van der Waals surface area contributed by atoms with E-state index in [4.69, 9.17) is 9.47 Å². The van der Waals surface area contributed by atoms with Gasteiger partial charge in [0.15, 0.2) is 0 Å². The molecule has 0 amide bonds. The fraction of sp³-hybridized carbons (Fsp3) is 0.791. The summed E-state index contributed by atoms with van der Waals surface area (Å²) in [5.74, 6) is -0.216. The smallest absolute Gasteiger partial charge is 0.306 e. The third-order valence-electron chi connectivity index (χ3n) is 8.63. The van der Waals surface area contributed by atoms with Crippen LogP contribution >= 0.6 is 0 Å². The monoisotopic (exact) mass is 659 g/mol. The second kappa shape index (κ2) is 40.5. The molecule has 47 heavy (non-hydrogen) atoms. The molecule has 1 atom stereocenters. The summed E-state index contributed by atoms with van der Waals surface area (Å²) in [4.78, 5) is 12.2. The largest absolute Gasteiger partial charge is 0.457 e. The van der Waals surface area contributed by atoms with Crippen LogP contribution in [0.1, 0.15) is 194 Å². The van der Waals surface area contributed by atoms with Gasteiger partial charge in [0.05, 0.1) is 13.2 Å². The number of allylic oxidation sites excluding steroid dienone is 8. The number of aliphatic hydroxyl groups excluding tert-OH is 1. The molecule has 0 aliphatic carbocycles. The number of unbranched alkanes of at least 4 members (excludes halogenated alkanes) is 21. The molecule has 0 spiro atoms. The Kier molecular flexibility index (Phi) is 39.1. The maximum atomic E-state index is 12.2. The summed E-state index contributed by atoms with van der Waals surface area (Å²) in [5.41, 5.74) is 0. The number of carbonyl (C=O) groups is 1. The zero-order valence-corrected chi connectivity index (χ0v) is 31.3. The van der Waals surface area contributed by atoms with Crippen LogP contribution in [-0.2, 0) is 14.3 Å². The number of hydrogen-bond donors (Lipinski definition) is 1. The molecule has 0 fully saturated rings. The summed E-state index contributed by atoms with van der Waals surface area (Å²) in [5, 5.41) is 9.57. The quantitative estimate of drug-likeness (QED) is 0.0410. The van der Waals surface area contributed by atoms with Gasteiger partial charge in [0, 0.05) is 13.0 Å². The van der Waals surface area contributed by atoms with Crippen molar-refractivity contribution in [2.45, 2.75) is 200 Å². The molecule has 4 nitrogen and oxygen atoms in total. The van der Waals surface area contributed by atoms with Gasteiger partial charge >= 0.3 is 5.97 Å². The lowest BCUT2D eigenvalue weighted by molar-refractivity contribution is -0.154. The first-order valence-electron chi connectivity index (χ1n) is 20.2. The predicted octanol–water partition coefficient (Wildman–Crippen LogP) is 13.1. The summed E-state index contributed by atoms with van der Waals surface area (Å²) >= 11 is 0. The Bertz CT molecular complexity index is 738. The minimum Gasteiger partial charge on any atom is -0.457 e. The molecule has 0 bridgehead atoms. The molecule has 0 saturated heterocycles. The van der Waals surface area contributed by atoms with E-state index in [-0.39, 0.29) is 19.2 Å². The van der Waals surface area contributed by atoms with Crippen LogP contribution in [-0.4, -0.2) is 37.0 Å². The number of hydrogen-bond acceptors (Lipinski definition) is 4. The molecule has 0 heterocycles. The average Bonchev–Trinajstić information content (AvgIpc) is 3.08. The Balaban J connectivity index is 3.49. The van der Waals surface area contributed by atoms with Gasteiger partial charge in [-0.15, -0.1) is 0 Å². The average molecular weight is 659 g/mol. The highest BCUT2D eigenvalue weighted by Gasteiger charge is 2.13. The van der Waals surface area contributed by atoms with Crippen LogP contribution in [0.5, 0.6) is 0 Å². The Hall–Kier alpha value is -1.65. The summed E-state index contributed by atoms with van der Waals surface area (Å²) in [6.07, 6.45) is 51.5. The number of carbonyl (C=O) groups excluding carboxylic acids is 1. The second-order valence-corrected chi connectivity index (χ2v) is 13.3. The summed E-state index contributed by atoms with van der Waals surface area (Å²) in [7, 11) is 0. The molecule has 0 radical (unpaired) electrons. The van der Waals surface area contributed by atoms with Gasteiger partial charge in [0.2, 0.25) is 0 Å². The van der Waals surface area contributed by atoms with E-state index in [9.17, 15) is 9.90 Å². The van der Waals surface area contributed by atoms with Crippen LogP contribution in [0.15, 0.2) is 48.6 Å². The maximum absolute atomic E-state index is 12.2. The maximum Gasteiger partial charge on any atom is 0.306 e. The van der Waals surface area contributed by atoms with Gasteiger partial charge in [0.25, 0.3) is 0 Å². The second-order valence-electron chi connectivity index (χ2n) is 13.3. The van der Waals surface area contributed by atoms with Crippen LogP contribution in [0.3, 0.4) is 0 Å².